The van der Waals surface area contributed by atoms with Crippen molar-refractivity contribution in [3.05, 3.63) is 46.4 Å². The molecule has 0 spiro atoms. The highest BCUT2D eigenvalue weighted by Crippen LogP contribution is 2.21. The molecule has 106 valence electrons. The average molecular weight is 291 g/mol. The molecule has 0 fully saturated rings. The fourth-order valence-corrected chi connectivity index (χ4v) is 2.66. The standard InChI is InChI=1S/C14H17N3O2S/c1-10(18)17-12(13-3-2-6-20-13)7-14(19)16-9-11-4-5-15-8-11/h2-6,8,12,15H,7,9H2,1H3,(H,16,19)(H,17,18). The summed E-state index contributed by atoms with van der Waals surface area (Å²) in [5.74, 6) is -0.222. The number of amides is 2. The smallest absolute Gasteiger partial charge is 0.222 e. The molecule has 0 saturated carbocycles. The molecule has 1 atom stereocenters. The first-order valence-corrected chi connectivity index (χ1v) is 7.22. The molecular weight excluding hydrogens is 274 g/mol. The molecule has 0 aliphatic heterocycles. The van der Waals surface area contributed by atoms with E-state index in [1.165, 1.54) is 18.3 Å². The predicted molar refractivity (Wildman–Crippen MR) is 78.1 cm³/mol. The molecule has 1 unspecified atom stereocenters. The molecular formula is C14H17N3O2S. The van der Waals surface area contributed by atoms with Gasteiger partial charge in [0, 0.05) is 30.7 Å². The maximum atomic E-state index is 12.0. The Labute approximate surface area is 121 Å². The van der Waals surface area contributed by atoms with Crippen molar-refractivity contribution in [3.63, 3.8) is 0 Å². The minimum absolute atomic E-state index is 0.0849. The van der Waals surface area contributed by atoms with Crippen molar-refractivity contribution in [2.45, 2.75) is 25.9 Å². The summed E-state index contributed by atoms with van der Waals surface area (Å²) in [7, 11) is 0. The first-order chi connectivity index (χ1) is 9.65. The van der Waals surface area contributed by atoms with Crippen LogP contribution in [0.25, 0.3) is 0 Å². The fraction of sp³-hybridized carbons (Fsp3) is 0.286. The topological polar surface area (TPSA) is 74.0 Å². The second-order valence-electron chi connectivity index (χ2n) is 4.47. The van der Waals surface area contributed by atoms with Crippen molar-refractivity contribution < 1.29 is 9.59 Å². The van der Waals surface area contributed by atoms with Crippen LogP contribution in [0, 0.1) is 0 Å². The number of aromatic amines is 1. The number of carbonyl (C=O) groups excluding carboxylic acids is 2. The van der Waals surface area contributed by atoms with Gasteiger partial charge in [-0.1, -0.05) is 6.07 Å². The number of rotatable bonds is 6. The van der Waals surface area contributed by atoms with E-state index < -0.39 is 0 Å². The van der Waals surface area contributed by atoms with Gasteiger partial charge in [-0.2, -0.15) is 0 Å². The van der Waals surface area contributed by atoms with Crippen LogP contribution < -0.4 is 10.6 Å². The van der Waals surface area contributed by atoms with Crippen LogP contribution in [0.15, 0.2) is 36.0 Å². The summed E-state index contributed by atoms with van der Waals surface area (Å²) in [5, 5.41) is 7.59. The van der Waals surface area contributed by atoms with Crippen molar-refractivity contribution in [2.75, 3.05) is 0 Å². The monoisotopic (exact) mass is 291 g/mol. The van der Waals surface area contributed by atoms with E-state index in [1.54, 1.807) is 0 Å². The maximum absolute atomic E-state index is 12.0. The van der Waals surface area contributed by atoms with Gasteiger partial charge in [-0.25, -0.2) is 0 Å². The van der Waals surface area contributed by atoms with E-state index in [0.717, 1.165) is 10.4 Å². The Morgan fingerprint density at radius 2 is 2.25 bits per heavy atom. The van der Waals surface area contributed by atoms with E-state index in [4.69, 9.17) is 0 Å². The molecule has 0 bridgehead atoms. The van der Waals surface area contributed by atoms with Crippen molar-refractivity contribution in [2.24, 2.45) is 0 Å². The highest BCUT2D eigenvalue weighted by molar-refractivity contribution is 7.10. The van der Waals surface area contributed by atoms with E-state index in [-0.39, 0.29) is 24.3 Å². The minimum atomic E-state index is -0.265. The molecule has 2 aromatic rings. The number of nitrogens with one attached hydrogen (secondary N) is 3. The number of hydrogen-bond donors (Lipinski definition) is 3. The Morgan fingerprint density at radius 1 is 1.40 bits per heavy atom. The second-order valence-corrected chi connectivity index (χ2v) is 5.45. The molecule has 0 aliphatic carbocycles. The van der Waals surface area contributed by atoms with E-state index in [0.29, 0.717) is 6.54 Å². The summed E-state index contributed by atoms with van der Waals surface area (Å²) in [6, 6.07) is 5.47. The van der Waals surface area contributed by atoms with Gasteiger partial charge in [0.15, 0.2) is 0 Å². The maximum Gasteiger partial charge on any atom is 0.222 e. The van der Waals surface area contributed by atoms with Crippen LogP contribution in [0.2, 0.25) is 0 Å². The van der Waals surface area contributed by atoms with Gasteiger partial charge < -0.3 is 15.6 Å². The van der Waals surface area contributed by atoms with Gasteiger partial charge >= 0.3 is 0 Å². The largest absolute Gasteiger partial charge is 0.367 e. The number of carbonyl (C=O) groups is 2. The van der Waals surface area contributed by atoms with Gasteiger partial charge in [-0.05, 0) is 23.1 Å². The van der Waals surface area contributed by atoms with Crippen LogP contribution in [0.5, 0.6) is 0 Å². The summed E-state index contributed by atoms with van der Waals surface area (Å²) in [6.45, 7) is 1.94. The minimum Gasteiger partial charge on any atom is -0.367 e. The van der Waals surface area contributed by atoms with Crippen LogP contribution in [-0.4, -0.2) is 16.8 Å². The zero-order chi connectivity index (χ0) is 14.4. The van der Waals surface area contributed by atoms with Gasteiger partial charge in [0.2, 0.25) is 11.8 Å². The Balaban J connectivity index is 1.90. The van der Waals surface area contributed by atoms with Crippen molar-refractivity contribution in [1.82, 2.24) is 15.6 Å². The number of H-pyrrole nitrogens is 1. The molecule has 3 N–H and O–H groups in total. The Bertz CT molecular complexity index is 549. The quantitative estimate of drug-likeness (QED) is 0.761. The summed E-state index contributed by atoms with van der Waals surface area (Å²) < 4.78 is 0. The van der Waals surface area contributed by atoms with Gasteiger partial charge in [0.05, 0.1) is 12.5 Å². The number of hydrogen-bond acceptors (Lipinski definition) is 3. The third-order valence-electron chi connectivity index (χ3n) is 2.81. The molecule has 2 aromatic heterocycles. The summed E-state index contributed by atoms with van der Waals surface area (Å²) in [6.07, 6.45) is 3.89. The molecule has 2 heterocycles. The normalized spacial score (nSPS) is 11.8. The molecule has 5 nitrogen and oxygen atoms in total. The summed E-state index contributed by atoms with van der Waals surface area (Å²) in [5.41, 5.74) is 1.02. The van der Waals surface area contributed by atoms with E-state index in [9.17, 15) is 9.59 Å². The van der Waals surface area contributed by atoms with Crippen LogP contribution in [0.1, 0.15) is 29.8 Å². The molecule has 6 heteroatoms. The lowest BCUT2D eigenvalue weighted by Crippen LogP contribution is -2.32. The van der Waals surface area contributed by atoms with Crippen LogP contribution in [0.3, 0.4) is 0 Å². The number of aromatic nitrogens is 1. The highest BCUT2D eigenvalue weighted by atomic mass is 32.1. The van der Waals surface area contributed by atoms with Crippen molar-refractivity contribution in [3.8, 4) is 0 Å². The molecule has 2 amide bonds. The predicted octanol–water partition coefficient (Wildman–Crippen LogP) is 1.96. The van der Waals surface area contributed by atoms with Crippen molar-refractivity contribution in [1.29, 1.82) is 0 Å². The fourth-order valence-electron chi connectivity index (χ4n) is 1.88. The van der Waals surface area contributed by atoms with Crippen molar-refractivity contribution >= 4 is 23.2 Å². The third-order valence-corrected chi connectivity index (χ3v) is 3.79. The zero-order valence-corrected chi connectivity index (χ0v) is 12.0. The molecule has 20 heavy (non-hydrogen) atoms. The van der Waals surface area contributed by atoms with Gasteiger partial charge in [0.1, 0.15) is 0 Å². The Morgan fingerprint density at radius 3 is 2.85 bits per heavy atom. The third kappa shape index (κ3) is 4.24. The van der Waals surface area contributed by atoms with Crippen LogP contribution in [0.4, 0.5) is 0 Å². The highest BCUT2D eigenvalue weighted by Gasteiger charge is 2.17. The lowest BCUT2D eigenvalue weighted by atomic mass is 10.1. The number of thiophene rings is 1. The summed E-state index contributed by atoms with van der Waals surface area (Å²) >= 11 is 1.53. The van der Waals surface area contributed by atoms with Gasteiger partial charge in [0.25, 0.3) is 0 Å². The first kappa shape index (κ1) is 14.3. The molecule has 0 saturated heterocycles. The van der Waals surface area contributed by atoms with E-state index >= 15 is 0 Å². The zero-order valence-electron chi connectivity index (χ0n) is 11.2. The lowest BCUT2D eigenvalue weighted by molar-refractivity contribution is -0.122. The van der Waals surface area contributed by atoms with Gasteiger partial charge in [-0.3, -0.25) is 9.59 Å². The van der Waals surface area contributed by atoms with Crippen LogP contribution in [-0.2, 0) is 16.1 Å². The lowest BCUT2D eigenvalue weighted by Gasteiger charge is -2.16. The molecule has 0 radical (unpaired) electrons. The molecule has 2 rings (SSSR count). The van der Waals surface area contributed by atoms with Gasteiger partial charge in [-0.15, -0.1) is 11.3 Å². The molecule has 0 aromatic carbocycles. The average Bonchev–Trinajstić information content (AvgIpc) is 3.08. The second kappa shape index (κ2) is 6.91. The Hall–Kier alpha value is -2.08. The van der Waals surface area contributed by atoms with E-state index in [1.807, 2.05) is 36.0 Å². The molecule has 0 aliphatic rings. The van der Waals surface area contributed by atoms with E-state index in [2.05, 4.69) is 15.6 Å². The van der Waals surface area contributed by atoms with Crippen LogP contribution >= 0.6 is 11.3 Å². The Kier molecular flexibility index (Phi) is 4.95. The first-order valence-electron chi connectivity index (χ1n) is 6.34. The SMILES string of the molecule is CC(=O)NC(CC(=O)NCc1cc[nH]c1)c1cccs1. The summed E-state index contributed by atoms with van der Waals surface area (Å²) in [4.78, 5) is 27.1.